The van der Waals surface area contributed by atoms with Gasteiger partial charge in [-0.2, -0.15) is 0 Å². The van der Waals surface area contributed by atoms with Crippen LogP contribution in [0, 0.1) is 20.8 Å². The van der Waals surface area contributed by atoms with E-state index in [0.29, 0.717) is 11.6 Å². The number of imidazole rings is 1. The van der Waals surface area contributed by atoms with Gasteiger partial charge >= 0.3 is 0 Å². The largest absolute Gasteiger partial charge is 0.358 e. The second-order valence-electron chi connectivity index (χ2n) is 9.02. The van der Waals surface area contributed by atoms with Crippen molar-refractivity contribution in [2.24, 2.45) is 7.05 Å². The molecule has 6 heteroatoms. The van der Waals surface area contributed by atoms with Crippen LogP contribution in [0.3, 0.4) is 0 Å². The van der Waals surface area contributed by atoms with Crippen LogP contribution in [-0.2, 0) is 7.05 Å². The second-order valence-corrected chi connectivity index (χ2v) is 9.02. The quantitative estimate of drug-likeness (QED) is 0.505. The minimum absolute atomic E-state index is 0.0735. The lowest BCUT2D eigenvalue weighted by Gasteiger charge is -2.32. The van der Waals surface area contributed by atoms with Crippen molar-refractivity contribution in [3.8, 4) is 11.1 Å². The number of amides is 1. The van der Waals surface area contributed by atoms with Gasteiger partial charge in [0.1, 0.15) is 5.69 Å². The van der Waals surface area contributed by atoms with Gasteiger partial charge in [0, 0.05) is 54.0 Å². The summed E-state index contributed by atoms with van der Waals surface area (Å²) in [6, 6.07) is 11.0. The van der Waals surface area contributed by atoms with Crippen molar-refractivity contribution in [3.63, 3.8) is 0 Å². The number of benzene rings is 1. The molecule has 1 fully saturated rings. The van der Waals surface area contributed by atoms with E-state index in [4.69, 9.17) is 0 Å². The lowest BCUT2D eigenvalue weighted by atomic mass is 9.91. The second kappa shape index (κ2) is 7.93. The van der Waals surface area contributed by atoms with E-state index in [1.165, 1.54) is 33.3 Å². The Labute approximate surface area is 188 Å². The number of fused-ring (bicyclic) bond motifs is 1. The summed E-state index contributed by atoms with van der Waals surface area (Å²) in [5.41, 5.74) is 8.95. The molecule has 0 radical (unpaired) electrons. The van der Waals surface area contributed by atoms with E-state index in [1.54, 1.807) is 17.1 Å². The molecule has 1 amide bonds. The van der Waals surface area contributed by atoms with Gasteiger partial charge < -0.3 is 14.5 Å². The number of H-pyrrole nitrogens is 1. The summed E-state index contributed by atoms with van der Waals surface area (Å²) >= 11 is 0. The third kappa shape index (κ3) is 3.60. The van der Waals surface area contributed by atoms with E-state index in [2.05, 4.69) is 52.2 Å². The standard InChI is InChI=1S/C26H29N5O/c1-16-11-21(12-17(2)28-16)20-5-6-22-18(3)25(29-23(22)13-20)19-7-9-31(10-8-19)26(32)24-14-27-15-30(24)4/h5-6,11-15,19,29H,7-10H2,1-4H3. The maximum Gasteiger partial charge on any atom is 0.272 e. The van der Waals surface area contributed by atoms with Crippen molar-refractivity contribution in [1.82, 2.24) is 24.4 Å². The zero-order valence-electron chi connectivity index (χ0n) is 19.1. The zero-order valence-corrected chi connectivity index (χ0v) is 19.1. The average Bonchev–Trinajstić information content (AvgIpc) is 3.35. The molecule has 1 aromatic carbocycles. The van der Waals surface area contributed by atoms with Gasteiger partial charge in [-0.1, -0.05) is 12.1 Å². The molecule has 5 rings (SSSR count). The van der Waals surface area contributed by atoms with Crippen LogP contribution in [-0.4, -0.2) is 43.4 Å². The van der Waals surface area contributed by atoms with Gasteiger partial charge in [0.2, 0.25) is 0 Å². The summed E-state index contributed by atoms with van der Waals surface area (Å²) in [7, 11) is 1.86. The van der Waals surface area contributed by atoms with Crippen molar-refractivity contribution >= 4 is 16.8 Å². The number of nitrogens with zero attached hydrogens (tertiary/aromatic N) is 4. The molecular weight excluding hydrogens is 398 g/mol. The fourth-order valence-corrected chi connectivity index (χ4v) is 5.04. The van der Waals surface area contributed by atoms with Crippen molar-refractivity contribution in [3.05, 3.63) is 71.2 Å². The Morgan fingerprint density at radius 3 is 2.41 bits per heavy atom. The summed E-state index contributed by atoms with van der Waals surface area (Å²) in [6.07, 6.45) is 5.26. The Hall–Kier alpha value is -3.41. The molecule has 0 aliphatic carbocycles. The Morgan fingerprint density at radius 1 is 1.03 bits per heavy atom. The summed E-state index contributed by atoms with van der Waals surface area (Å²) in [5, 5.41) is 1.28. The molecule has 0 spiro atoms. The Morgan fingerprint density at radius 2 is 1.75 bits per heavy atom. The molecule has 1 aliphatic rings. The number of rotatable bonds is 3. The molecule has 0 saturated carbocycles. The molecule has 1 N–H and O–H groups in total. The maximum atomic E-state index is 12.8. The Kier molecular flexibility index (Phi) is 5.08. The van der Waals surface area contributed by atoms with Crippen LogP contribution in [0.1, 0.15) is 51.9 Å². The number of aromatic amines is 1. The zero-order chi connectivity index (χ0) is 22.4. The number of aryl methyl sites for hydroxylation is 4. The maximum absolute atomic E-state index is 12.8. The number of pyridine rings is 1. The highest BCUT2D eigenvalue weighted by molar-refractivity contribution is 5.92. The van der Waals surface area contributed by atoms with Crippen LogP contribution in [0.2, 0.25) is 0 Å². The molecule has 6 nitrogen and oxygen atoms in total. The van der Waals surface area contributed by atoms with Gasteiger partial charge in [0.15, 0.2) is 0 Å². The molecule has 3 aromatic heterocycles. The summed E-state index contributed by atoms with van der Waals surface area (Å²) in [5.74, 6) is 0.510. The van der Waals surface area contributed by atoms with E-state index in [9.17, 15) is 4.79 Å². The molecule has 0 bridgehead atoms. The van der Waals surface area contributed by atoms with Crippen molar-refractivity contribution in [2.45, 2.75) is 39.5 Å². The highest BCUT2D eigenvalue weighted by Crippen LogP contribution is 2.35. The molecular formula is C26H29N5O. The van der Waals surface area contributed by atoms with Crippen LogP contribution in [0.25, 0.3) is 22.0 Å². The number of piperidine rings is 1. The SMILES string of the molecule is Cc1cc(-c2ccc3c(C)c(C4CCN(C(=O)c5cncn5C)CC4)[nH]c3c2)cc(C)n1. The predicted molar refractivity (Wildman–Crippen MR) is 127 cm³/mol. The number of carbonyl (C=O) groups excluding carboxylic acids is 1. The number of nitrogens with one attached hydrogen (secondary N) is 1. The minimum Gasteiger partial charge on any atom is -0.358 e. The first kappa shape index (κ1) is 20.5. The third-order valence-corrected chi connectivity index (χ3v) is 6.74. The first-order chi connectivity index (χ1) is 15.4. The van der Waals surface area contributed by atoms with Gasteiger partial charge in [-0.05, 0) is 68.5 Å². The third-order valence-electron chi connectivity index (χ3n) is 6.74. The number of hydrogen-bond acceptors (Lipinski definition) is 3. The molecule has 164 valence electrons. The van der Waals surface area contributed by atoms with Crippen LogP contribution in [0.15, 0.2) is 42.9 Å². The number of hydrogen-bond donors (Lipinski definition) is 1. The smallest absolute Gasteiger partial charge is 0.272 e. The summed E-state index contributed by atoms with van der Waals surface area (Å²) in [4.78, 5) is 27.1. The van der Waals surface area contributed by atoms with Gasteiger partial charge in [-0.3, -0.25) is 9.78 Å². The topological polar surface area (TPSA) is 66.8 Å². The van der Waals surface area contributed by atoms with Gasteiger partial charge in [0.05, 0.1) is 12.5 Å². The molecule has 1 saturated heterocycles. The van der Waals surface area contributed by atoms with Crippen LogP contribution >= 0.6 is 0 Å². The number of carbonyl (C=O) groups is 1. The fourth-order valence-electron chi connectivity index (χ4n) is 5.04. The van der Waals surface area contributed by atoms with Crippen molar-refractivity contribution < 1.29 is 4.79 Å². The highest BCUT2D eigenvalue weighted by atomic mass is 16.2. The van der Waals surface area contributed by atoms with E-state index >= 15 is 0 Å². The molecule has 4 heterocycles. The van der Waals surface area contributed by atoms with Gasteiger partial charge in [-0.15, -0.1) is 0 Å². The van der Waals surface area contributed by atoms with Crippen molar-refractivity contribution in [1.29, 1.82) is 0 Å². The van der Waals surface area contributed by atoms with Gasteiger partial charge in [-0.25, -0.2) is 4.98 Å². The van der Waals surface area contributed by atoms with E-state index in [0.717, 1.165) is 37.3 Å². The van der Waals surface area contributed by atoms with Gasteiger partial charge in [0.25, 0.3) is 5.91 Å². The number of aromatic nitrogens is 4. The van der Waals surface area contributed by atoms with E-state index < -0.39 is 0 Å². The van der Waals surface area contributed by atoms with E-state index in [1.807, 2.05) is 25.8 Å². The summed E-state index contributed by atoms with van der Waals surface area (Å²) in [6.45, 7) is 7.82. The molecule has 0 unspecified atom stereocenters. The molecule has 0 atom stereocenters. The highest BCUT2D eigenvalue weighted by Gasteiger charge is 2.28. The fraction of sp³-hybridized carbons (Fsp3) is 0.346. The molecule has 4 aromatic rings. The lowest BCUT2D eigenvalue weighted by Crippen LogP contribution is -2.38. The van der Waals surface area contributed by atoms with E-state index in [-0.39, 0.29) is 5.91 Å². The molecule has 1 aliphatic heterocycles. The lowest BCUT2D eigenvalue weighted by molar-refractivity contribution is 0.0702. The molecule has 32 heavy (non-hydrogen) atoms. The van der Waals surface area contributed by atoms with Crippen LogP contribution in [0.4, 0.5) is 0 Å². The first-order valence-electron chi connectivity index (χ1n) is 11.2. The van der Waals surface area contributed by atoms with Crippen molar-refractivity contribution in [2.75, 3.05) is 13.1 Å². The normalized spacial score (nSPS) is 14.9. The Balaban J connectivity index is 1.37. The predicted octanol–water partition coefficient (Wildman–Crippen LogP) is 4.91. The summed E-state index contributed by atoms with van der Waals surface area (Å²) < 4.78 is 1.79. The van der Waals surface area contributed by atoms with Crippen LogP contribution < -0.4 is 0 Å². The average molecular weight is 428 g/mol. The first-order valence-corrected chi connectivity index (χ1v) is 11.2. The number of likely N-dealkylation sites (tertiary alicyclic amines) is 1. The monoisotopic (exact) mass is 427 g/mol. The van der Waals surface area contributed by atoms with Crippen LogP contribution in [0.5, 0.6) is 0 Å². The Bertz CT molecular complexity index is 1290. The minimum atomic E-state index is 0.0735.